The number of hydrogen-bond acceptors (Lipinski definition) is 2. The highest BCUT2D eigenvalue weighted by Gasteiger charge is 2.19. The highest BCUT2D eigenvalue weighted by molar-refractivity contribution is 5.75. The van der Waals surface area contributed by atoms with E-state index in [9.17, 15) is 4.79 Å². The summed E-state index contributed by atoms with van der Waals surface area (Å²) >= 11 is 0. The van der Waals surface area contributed by atoms with Crippen LogP contribution in [-0.4, -0.2) is 29.6 Å². The van der Waals surface area contributed by atoms with Gasteiger partial charge in [-0.1, -0.05) is 0 Å². The molecule has 0 saturated heterocycles. The zero-order valence-electron chi connectivity index (χ0n) is 8.88. The number of nitrogens with one attached hydrogen (secondary N) is 1. The molecule has 0 rings (SSSR count). The summed E-state index contributed by atoms with van der Waals surface area (Å²) < 4.78 is 0. The lowest BCUT2D eigenvalue weighted by atomic mass is 10.1. The van der Waals surface area contributed by atoms with Crippen molar-refractivity contribution < 1.29 is 4.79 Å². The van der Waals surface area contributed by atoms with E-state index in [2.05, 4.69) is 5.32 Å². The highest BCUT2D eigenvalue weighted by Crippen LogP contribution is 2.01. The van der Waals surface area contributed by atoms with Crippen LogP contribution in [0.3, 0.4) is 0 Å². The Balaban J connectivity index is 4.22. The van der Waals surface area contributed by atoms with Crippen molar-refractivity contribution in [3.8, 4) is 6.07 Å². The molecule has 0 radical (unpaired) electrons. The number of carbonyl (C=O) groups excluding carboxylic acids is 1. The van der Waals surface area contributed by atoms with Gasteiger partial charge in [-0.15, -0.1) is 0 Å². The predicted molar refractivity (Wildman–Crippen MR) is 51.1 cm³/mol. The molecule has 74 valence electrons. The second-order valence-electron chi connectivity index (χ2n) is 4.10. The summed E-state index contributed by atoms with van der Waals surface area (Å²) in [4.78, 5) is 12.8. The fourth-order valence-electron chi connectivity index (χ4n) is 0.671. The fraction of sp³-hybridized carbons (Fsp3) is 0.778. The zero-order chi connectivity index (χ0) is 10.6. The van der Waals surface area contributed by atoms with Gasteiger partial charge in [-0.25, -0.2) is 4.79 Å². The molecule has 1 unspecified atom stereocenters. The lowest BCUT2D eigenvalue weighted by molar-refractivity contribution is 0.194. The molecule has 4 nitrogen and oxygen atoms in total. The normalized spacial score (nSPS) is 12.9. The van der Waals surface area contributed by atoms with Crippen molar-refractivity contribution in [3.63, 3.8) is 0 Å². The minimum absolute atomic E-state index is 0.221. The second-order valence-corrected chi connectivity index (χ2v) is 4.10. The van der Waals surface area contributed by atoms with Crippen LogP contribution in [0.25, 0.3) is 0 Å². The first-order valence-electron chi connectivity index (χ1n) is 4.22. The number of amides is 2. The summed E-state index contributed by atoms with van der Waals surface area (Å²) in [6, 6.07) is 1.38. The Morgan fingerprint density at radius 2 is 2.00 bits per heavy atom. The molecule has 1 N–H and O–H groups in total. The molecule has 0 saturated carbocycles. The van der Waals surface area contributed by atoms with E-state index in [4.69, 9.17) is 5.26 Å². The molecule has 0 aliphatic heterocycles. The van der Waals surface area contributed by atoms with Crippen LogP contribution in [0.5, 0.6) is 0 Å². The van der Waals surface area contributed by atoms with Gasteiger partial charge in [0.1, 0.15) is 6.04 Å². The van der Waals surface area contributed by atoms with E-state index in [1.807, 2.05) is 26.8 Å². The Morgan fingerprint density at radius 1 is 1.54 bits per heavy atom. The summed E-state index contributed by atoms with van der Waals surface area (Å²) in [6.07, 6.45) is 0. The third kappa shape index (κ3) is 4.36. The number of carbonyl (C=O) groups is 1. The smallest absolute Gasteiger partial charge is 0.318 e. The van der Waals surface area contributed by atoms with Crippen LogP contribution in [0.4, 0.5) is 4.79 Å². The van der Waals surface area contributed by atoms with Gasteiger partial charge in [-0.2, -0.15) is 5.26 Å². The number of rotatable bonds is 1. The SMILES string of the molecule is CC(C#N)N(C)C(=O)NC(C)(C)C. The van der Waals surface area contributed by atoms with Crippen molar-refractivity contribution in [2.75, 3.05) is 7.05 Å². The molecule has 0 aliphatic rings. The third-order valence-corrected chi connectivity index (χ3v) is 1.57. The minimum atomic E-state index is -0.401. The first-order chi connectivity index (χ1) is 5.78. The van der Waals surface area contributed by atoms with Gasteiger partial charge in [0, 0.05) is 12.6 Å². The molecule has 0 aliphatic carbocycles. The number of urea groups is 1. The molecule has 0 fully saturated rings. The van der Waals surface area contributed by atoms with E-state index < -0.39 is 6.04 Å². The van der Waals surface area contributed by atoms with Crippen LogP contribution >= 0.6 is 0 Å². The van der Waals surface area contributed by atoms with Crippen LogP contribution in [-0.2, 0) is 0 Å². The molecular formula is C9H17N3O. The summed E-state index contributed by atoms with van der Waals surface area (Å²) in [5.41, 5.74) is -0.263. The molecule has 0 aromatic carbocycles. The maximum Gasteiger partial charge on any atom is 0.318 e. The average molecular weight is 183 g/mol. The van der Waals surface area contributed by atoms with E-state index in [0.29, 0.717) is 0 Å². The monoisotopic (exact) mass is 183 g/mol. The number of nitriles is 1. The largest absolute Gasteiger partial charge is 0.333 e. The lowest BCUT2D eigenvalue weighted by Crippen LogP contribution is -2.49. The van der Waals surface area contributed by atoms with E-state index in [-0.39, 0.29) is 11.6 Å². The summed E-state index contributed by atoms with van der Waals surface area (Å²) in [7, 11) is 1.61. The topological polar surface area (TPSA) is 56.1 Å². The van der Waals surface area contributed by atoms with Crippen molar-refractivity contribution in [1.29, 1.82) is 5.26 Å². The molecule has 4 heteroatoms. The predicted octanol–water partition coefficient (Wildman–Crippen LogP) is 1.34. The van der Waals surface area contributed by atoms with Gasteiger partial charge in [0.25, 0.3) is 0 Å². The van der Waals surface area contributed by atoms with Gasteiger partial charge in [0.2, 0.25) is 0 Å². The summed E-state index contributed by atoms with van der Waals surface area (Å²) in [5, 5.41) is 11.4. The van der Waals surface area contributed by atoms with Crippen molar-refractivity contribution >= 4 is 6.03 Å². The molecule has 13 heavy (non-hydrogen) atoms. The lowest BCUT2D eigenvalue weighted by Gasteiger charge is -2.26. The van der Waals surface area contributed by atoms with Gasteiger partial charge in [0.05, 0.1) is 6.07 Å². The summed E-state index contributed by atoms with van der Waals surface area (Å²) in [6.45, 7) is 7.38. The van der Waals surface area contributed by atoms with Gasteiger partial charge in [-0.3, -0.25) is 0 Å². The van der Waals surface area contributed by atoms with Gasteiger partial charge >= 0.3 is 6.03 Å². The van der Waals surface area contributed by atoms with E-state index >= 15 is 0 Å². The number of hydrogen-bond donors (Lipinski definition) is 1. The van der Waals surface area contributed by atoms with Crippen molar-refractivity contribution in [3.05, 3.63) is 0 Å². The number of nitrogens with zero attached hydrogens (tertiary/aromatic N) is 2. The second kappa shape index (κ2) is 4.13. The van der Waals surface area contributed by atoms with Crippen LogP contribution in [0.1, 0.15) is 27.7 Å². The van der Waals surface area contributed by atoms with E-state index in [1.54, 1.807) is 14.0 Å². The molecule has 2 amide bonds. The molecule has 0 aromatic heterocycles. The molecule has 0 aromatic rings. The van der Waals surface area contributed by atoms with E-state index in [1.165, 1.54) is 4.90 Å². The third-order valence-electron chi connectivity index (χ3n) is 1.57. The fourth-order valence-corrected chi connectivity index (χ4v) is 0.671. The Bertz CT molecular complexity index is 224. The average Bonchev–Trinajstić information content (AvgIpc) is 1.98. The molecule has 0 bridgehead atoms. The van der Waals surface area contributed by atoms with Crippen LogP contribution in [0, 0.1) is 11.3 Å². The van der Waals surface area contributed by atoms with Crippen LogP contribution < -0.4 is 5.32 Å². The minimum Gasteiger partial charge on any atom is -0.333 e. The molecule has 0 heterocycles. The Hall–Kier alpha value is -1.24. The standard InChI is InChI=1S/C9H17N3O/c1-7(6-10)12(5)8(13)11-9(2,3)4/h7H,1-5H3,(H,11,13). The highest BCUT2D eigenvalue weighted by atomic mass is 16.2. The first kappa shape index (κ1) is 11.8. The maximum absolute atomic E-state index is 11.4. The first-order valence-corrected chi connectivity index (χ1v) is 4.22. The molecular weight excluding hydrogens is 166 g/mol. The summed E-state index contributed by atoms with van der Waals surface area (Å²) in [5.74, 6) is 0. The van der Waals surface area contributed by atoms with Gasteiger partial charge < -0.3 is 10.2 Å². The zero-order valence-corrected chi connectivity index (χ0v) is 8.88. The van der Waals surface area contributed by atoms with Crippen LogP contribution in [0.15, 0.2) is 0 Å². The Morgan fingerprint density at radius 3 is 2.31 bits per heavy atom. The Labute approximate surface area is 79.5 Å². The van der Waals surface area contributed by atoms with Crippen molar-refractivity contribution in [2.24, 2.45) is 0 Å². The van der Waals surface area contributed by atoms with Crippen molar-refractivity contribution in [2.45, 2.75) is 39.3 Å². The molecule has 1 atom stereocenters. The van der Waals surface area contributed by atoms with Crippen molar-refractivity contribution in [1.82, 2.24) is 10.2 Å². The van der Waals surface area contributed by atoms with E-state index in [0.717, 1.165) is 0 Å². The Kier molecular flexibility index (Phi) is 3.73. The van der Waals surface area contributed by atoms with Gasteiger partial charge in [0.15, 0.2) is 0 Å². The maximum atomic E-state index is 11.4. The van der Waals surface area contributed by atoms with Gasteiger partial charge in [-0.05, 0) is 27.7 Å². The molecule has 0 spiro atoms. The van der Waals surface area contributed by atoms with Crippen LogP contribution in [0.2, 0.25) is 0 Å². The quantitative estimate of drug-likeness (QED) is 0.667.